The molecule has 0 aromatic carbocycles. The van der Waals surface area contributed by atoms with Crippen LogP contribution in [0.3, 0.4) is 0 Å². The summed E-state index contributed by atoms with van der Waals surface area (Å²) in [7, 11) is 0. The summed E-state index contributed by atoms with van der Waals surface area (Å²) in [4.78, 5) is 0. The molecule has 1 rings (SSSR count). The molecule has 1 unspecified atom stereocenters. The molecule has 1 fully saturated rings. The summed E-state index contributed by atoms with van der Waals surface area (Å²) in [6.45, 7) is 5.25. The Hall–Kier alpha value is -0.0800. The first-order chi connectivity index (χ1) is 7.70. The van der Waals surface area contributed by atoms with E-state index in [9.17, 15) is 5.11 Å². The maximum Gasteiger partial charge on any atom is 0.0771 e. The lowest BCUT2D eigenvalue weighted by molar-refractivity contribution is 0.0223. The van der Waals surface area contributed by atoms with Gasteiger partial charge in [-0.25, -0.2) is 0 Å². The van der Waals surface area contributed by atoms with Gasteiger partial charge < -0.3 is 10.4 Å². The molecular formula is C14H29NO. The number of hydrogen-bond donors (Lipinski definition) is 2. The zero-order valence-electron chi connectivity index (χ0n) is 11.1. The van der Waals surface area contributed by atoms with Crippen molar-refractivity contribution in [3.8, 4) is 0 Å². The van der Waals surface area contributed by atoms with E-state index in [0.29, 0.717) is 6.04 Å². The van der Waals surface area contributed by atoms with Crippen molar-refractivity contribution in [3.05, 3.63) is 0 Å². The third kappa shape index (κ3) is 4.84. The first-order valence-corrected chi connectivity index (χ1v) is 7.16. The lowest BCUT2D eigenvalue weighted by Gasteiger charge is -2.29. The minimum atomic E-state index is -0.419. The second-order valence-corrected chi connectivity index (χ2v) is 5.41. The average molecular weight is 227 g/mol. The molecule has 1 aliphatic rings. The van der Waals surface area contributed by atoms with Crippen LogP contribution in [-0.2, 0) is 0 Å². The van der Waals surface area contributed by atoms with Gasteiger partial charge in [-0.3, -0.25) is 0 Å². The van der Waals surface area contributed by atoms with E-state index in [1.54, 1.807) is 0 Å². The van der Waals surface area contributed by atoms with E-state index in [0.717, 1.165) is 19.4 Å². The summed E-state index contributed by atoms with van der Waals surface area (Å²) in [5, 5.41) is 14.1. The van der Waals surface area contributed by atoms with Gasteiger partial charge in [-0.1, -0.05) is 46.0 Å². The number of rotatable bonds is 6. The molecule has 2 N–H and O–H groups in total. The quantitative estimate of drug-likeness (QED) is 0.683. The molecule has 96 valence electrons. The molecule has 0 aromatic rings. The Bertz CT molecular complexity index is 174. The number of hydrogen-bond acceptors (Lipinski definition) is 2. The van der Waals surface area contributed by atoms with Gasteiger partial charge in [0, 0.05) is 12.6 Å². The highest BCUT2D eigenvalue weighted by Crippen LogP contribution is 2.26. The molecule has 0 amide bonds. The Kier molecular flexibility index (Phi) is 6.37. The normalized spacial score (nSPS) is 22.7. The second kappa shape index (κ2) is 7.29. The smallest absolute Gasteiger partial charge is 0.0771 e. The molecule has 0 radical (unpaired) electrons. The first kappa shape index (κ1) is 14.0. The third-order valence-electron chi connectivity index (χ3n) is 3.88. The summed E-state index contributed by atoms with van der Waals surface area (Å²) in [6.07, 6.45) is 10.6. The van der Waals surface area contributed by atoms with Crippen molar-refractivity contribution in [2.45, 2.75) is 83.3 Å². The molecular weight excluding hydrogens is 198 g/mol. The van der Waals surface area contributed by atoms with Gasteiger partial charge in [0.15, 0.2) is 0 Å². The van der Waals surface area contributed by atoms with E-state index in [-0.39, 0.29) is 0 Å². The van der Waals surface area contributed by atoms with Crippen LogP contribution in [0.1, 0.15) is 71.6 Å². The van der Waals surface area contributed by atoms with Gasteiger partial charge in [-0.15, -0.1) is 0 Å². The highest BCUT2D eigenvalue weighted by molar-refractivity contribution is 4.84. The van der Waals surface area contributed by atoms with Gasteiger partial charge in [0.2, 0.25) is 0 Å². The van der Waals surface area contributed by atoms with Gasteiger partial charge in [-0.2, -0.15) is 0 Å². The standard InChI is InChI=1S/C14H29NO/c1-3-9-13(4-2)15-12-14(16)10-7-5-6-8-11-14/h13,15-16H,3-12H2,1-2H3. The van der Waals surface area contributed by atoms with Gasteiger partial charge in [0.25, 0.3) is 0 Å². The second-order valence-electron chi connectivity index (χ2n) is 5.41. The maximum absolute atomic E-state index is 10.5. The van der Waals surface area contributed by atoms with Crippen LogP contribution >= 0.6 is 0 Å². The highest BCUT2D eigenvalue weighted by atomic mass is 16.3. The summed E-state index contributed by atoms with van der Waals surface area (Å²) >= 11 is 0. The zero-order valence-corrected chi connectivity index (χ0v) is 11.1. The summed E-state index contributed by atoms with van der Waals surface area (Å²) in [6, 6.07) is 0.595. The summed E-state index contributed by atoms with van der Waals surface area (Å²) < 4.78 is 0. The van der Waals surface area contributed by atoms with Crippen molar-refractivity contribution in [3.63, 3.8) is 0 Å². The largest absolute Gasteiger partial charge is 0.389 e. The van der Waals surface area contributed by atoms with E-state index in [1.807, 2.05) is 0 Å². The Morgan fingerprint density at radius 2 is 1.75 bits per heavy atom. The average Bonchev–Trinajstić information content (AvgIpc) is 2.50. The SMILES string of the molecule is CCCC(CC)NCC1(O)CCCCCC1. The van der Waals surface area contributed by atoms with Crippen LogP contribution in [0, 0.1) is 0 Å². The fourth-order valence-corrected chi connectivity index (χ4v) is 2.70. The molecule has 2 nitrogen and oxygen atoms in total. The van der Waals surface area contributed by atoms with Crippen LogP contribution in [0.15, 0.2) is 0 Å². The van der Waals surface area contributed by atoms with E-state index in [2.05, 4.69) is 19.2 Å². The minimum absolute atomic E-state index is 0.419. The predicted octanol–water partition coefficient (Wildman–Crippen LogP) is 3.24. The van der Waals surface area contributed by atoms with Gasteiger partial charge in [0.1, 0.15) is 0 Å². The molecule has 1 aliphatic carbocycles. The van der Waals surface area contributed by atoms with E-state index in [1.165, 1.54) is 44.9 Å². The first-order valence-electron chi connectivity index (χ1n) is 7.16. The minimum Gasteiger partial charge on any atom is -0.389 e. The zero-order chi connectivity index (χ0) is 11.9. The molecule has 1 atom stereocenters. The number of aliphatic hydroxyl groups is 1. The van der Waals surface area contributed by atoms with E-state index >= 15 is 0 Å². The van der Waals surface area contributed by atoms with Crippen LogP contribution < -0.4 is 5.32 Å². The fraction of sp³-hybridized carbons (Fsp3) is 1.00. The molecule has 2 heteroatoms. The van der Waals surface area contributed by atoms with Gasteiger partial charge in [-0.05, 0) is 25.7 Å². The van der Waals surface area contributed by atoms with E-state index < -0.39 is 5.60 Å². The van der Waals surface area contributed by atoms with Crippen LogP contribution in [0.2, 0.25) is 0 Å². The van der Waals surface area contributed by atoms with Crippen LogP contribution in [0.4, 0.5) is 0 Å². The molecule has 0 bridgehead atoms. The van der Waals surface area contributed by atoms with Crippen LogP contribution in [0.25, 0.3) is 0 Å². The molecule has 1 saturated carbocycles. The molecule has 0 spiro atoms. The Morgan fingerprint density at radius 3 is 2.25 bits per heavy atom. The van der Waals surface area contributed by atoms with Crippen molar-refractivity contribution in [2.24, 2.45) is 0 Å². The molecule has 0 heterocycles. The van der Waals surface area contributed by atoms with Crippen molar-refractivity contribution < 1.29 is 5.11 Å². The van der Waals surface area contributed by atoms with Crippen molar-refractivity contribution in [1.29, 1.82) is 0 Å². The van der Waals surface area contributed by atoms with Crippen molar-refractivity contribution in [1.82, 2.24) is 5.32 Å². The van der Waals surface area contributed by atoms with Crippen molar-refractivity contribution >= 4 is 0 Å². The van der Waals surface area contributed by atoms with E-state index in [4.69, 9.17) is 0 Å². The summed E-state index contributed by atoms with van der Waals surface area (Å²) in [5.74, 6) is 0. The van der Waals surface area contributed by atoms with Crippen LogP contribution in [-0.4, -0.2) is 23.3 Å². The fourth-order valence-electron chi connectivity index (χ4n) is 2.70. The summed E-state index contributed by atoms with van der Waals surface area (Å²) in [5.41, 5.74) is -0.419. The molecule has 0 saturated heterocycles. The number of nitrogens with one attached hydrogen (secondary N) is 1. The van der Waals surface area contributed by atoms with Gasteiger partial charge >= 0.3 is 0 Å². The Balaban J connectivity index is 2.32. The topological polar surface area (TPSA) is 32.3 Å². The molecule has 16 heavy (non-hydrogen) atoms. The monoisotopic (exact) mass is 227 g/mol. The van der Waals surface area contributed by atoms with Gasteiger partial charge in [0.05, 0.1) is 5.60 Å². The lowest BCUT2D eigenvalue weighted by Crippen LogP contribution is -2.44. The predicted molar refractivity (Wildman–Crippen MR) is 69.6 cm³/mol. The molecule has 0 aliphatic heterocycles. The third-order valence-corrected chi connectivity index (χ3v) is 3.88. The van der Waals surface area contributed by atoms with Crippen LogP contribution in [0.5, 0.6) is 0 Å². The lowest BCUT2D eigenvalue weighted by atomic mass is 9.94. The highest BCUT2D eigenvalue weighted by Gasteiger charge is 2.28. The Labute approximate surface area is 101 Å². The maximum atomic E-state index is 10.5. The van der Waals surface area contributed by atoms with Crippen molar-refractivity contribution in [2.75, 3.05) is 6.54 Å². The molecule has 0 aromatic heterocycles. The Morgan fingerprint density at radius 1 is 1.12 bits per heavy atom.